The lowest BCUT2D eigenvalue weighted by molar-refractivity contribution is 0.102. The summed E-state index contributed by atoms with van der Waals surface area (Å²) in [5.74, 6) is -2.70. The molecule has 0 aliphatic carbocycles. The predicted molar refractivity (Wildman–Crippen MR) is 107 cm³/mol. The Balaban J connectivity index is 1.74. The quantitative estimate of drug-likeness (QED) is 0.390. The fourth-order valence-electron chi connectivity index (χ4n) is 2.21. The van der Waals surface area contributed by atoms with E-state index in [1.807, 2.05) is 24.3 Å². The van der Waals surface area contributed by atoms with Crippen LogP contribution in [-0.4, -0.2) is 15.9 Å². The van der Waals surface area contributed by atoms with Gasteiger partial charge in [0.1, 0.15) is 5.69 Å². The van der Waals surface area contributed by atoms with Crippen LogP contribution in [0.1, 0.15) is 15.9 Å². The van der Waals surface area contributed by atoms with Crippen molar-refractivity contribution in [3.63, 3.8) is 0 Å². The third-order valence-electron chi connectivity index (χ3n) is 3.63. The number of carbonyl (C=O) groups excluding carboxylic acids is 1. The molecule has 3 aromatic rings. The van der Waals surface area contributed by atoms with Crippen molar-refractivity contribution in [3.8, 4) is 0 Å². The minimum Gasteiger partial charge on any atom is -0.382 e. The first-order chi connectivity index (χ1) is 13.3. The Bertz CT molecular complexity index is 1090. The van der Waals surface area contributed by atoms with Gasteiger partial charge in [-0.15, -0.1) is 0 Å². The second-order valence-electron chi connectivity index (χ2n) is 5.63. The summed E-state index contributed by atoms with van der Waals surface area (Å²) < 4.78 is 27.2. The van der Waals surface area contributed by atoms with Crippen LogP contribution in [0.25, 0.3) is 0 Å². The summed E-state index contributed by atoms with van der Waals surface area (Å²) >= 11 is 4.62. The number of thioether (sulfide) groups is 1. The molecule has 2 aromatic carbocycles. The van der Waals surface area contributed by atoms with Crippen molar-refractivity contribution < 1.29 is 13.6 Å². The number of anilines is 2. The summed E-state index contributed by atoms with van der Waals surface area (Å²) in [6.45, 7) is 0. The standard InChI is InChI=1S/C18H13BrF2N4O2S/c19-11-4-1-9(2-5-11)8-28-18-24-15(22)14(17(27)25-18)23-16(26)10-3-6-12(20)13(21)7-10/h1-7H,8H2,(H,23,26)(H3,22,24,25,27). The van der Waals surface area contributed by atoms with Gasteiger partial charge < -0.3 is 11.1 Å². The minimum atomic E-state index is -1.17. The van der Waals surface area contributed by atoms with Gasteiger partial charge in [0.15, 0.2) is 22.6 Å². The summed E-state index contributed by atoms with van der Waals surface area (Å²) in [6, 6.07) is 10.3. The molecular formula is C18H13BrF2N4O2S. The van der Waals surface area contributed by atoms with E-state index in [0.717, 1.165) is 28.2 Å². The Morgan fingerprint density at radius 3 is 2.54 bits per heavy atom. The molecule has 0 aliphatic rings. The molecule has 28 heavy (non-hydrogen) atoms. The van der Waals surface area contributed by atoms with E-state index in [4.69, 9.17) is 5.73 Å². The lowest BCUT2D eigenvalue weighted by atomic mass is 10.2. The largest absolute Gasteiger partial charge is 0.382 e. The highest BCUT2D eigenvalue weighted by atomic mass is 79.9. The van der Waals surface area contributed by atoms with Crippen molar-refractivity contribution in [1.82, 2.24) is 9.97 Å². The maximum Gasteiger partial charge on any atom is 0.277 e. The first kappa shape index (κ1) is 20.0. The van der Waals surface area contributed by atoms with Crippen molar-refractivity contribution in [2.45, 2.75) is 10.9 Å². The van der Waals surface area contributed by atoms with Crippen LogP contribution >= 0.6 is 27.7 Å². The average Bonchev–Trinajstić information content (AvgIpc) is 2.66. The SMILES string of the molecule is Nc1nc(SCc2ccc(Br)cc2)[nH]c(=O)c1NC(=O)c1ccc(F)c(F)c1. The van der Waals surface area contributed by atoms with Gasteiger partial charge in [0, 0.05) is 15.8 Å². The van der Waals surface area contributed by atoms with Gasteiger partial charge in [-0.1, -0.05) is 39.8 Å². The van der Waals surface area contributed by atoms with Gasteiger partial charge >= 0.3 is 0 Å². The summed E-state index contributed by atoms with van der Waals surface area (Å²) in [4.78, 5) is 31.0. The number of rotatable bonds is 5. The van der Waals surface area contributed by atoms with Gasteiger partial charge in [-0.25, -0.2) is 13.8 Å². The molecule has 0 atom stereocenters. The number of aromatic nitrogens is 2. The number of carbonyl (C=O) groups is 1. The number of benzene rings is 2. The van der Waals surface area contributed by atoms with Crippen molar-refractivity contribution in [2.75, 3.05) is 11.1 Å². The van der Waals surface area contributed by atoms with Gasteiger partial charge in [0.05, 0.1) is 0 Å². The van der Waals surface area contributed by atoms with Gasteiger partial charge in [0.2, 0.25) is 0 Å². The molecule has 3 rings (SSSR count). The van der Waals surface area contributed by atoms with Crippen molar-refractivity contribution >= 4 is 45.1 Å². The van der Waals surface area contributed by atoms with Crippen LogP contribution < -0.4 is 16.6 Å². The molecule has 0 saturated heterocycles. The van der Waals surface area contributed by atoms with Gasteiger partial charge in [0.25, 0.3) is 11.5 Å². The monoisotopic (exact) mass is 466 g/mol. The first-order valence-electron chi connectivity index (χ1n) is 7.87. The van der Waals surface area contributed by atoms with E-state index in [0.29, 0.717) is 5.75 Å². The number of aromatic amines is 1. The Labute approximate surface area is 170 Å². The Kier molecular flexibility index (Phi) is 6.10. The van der Waals surface area contributed by atoms with Crippen LogP contribution in [-0.2, 0) is 5.75 Å². The molecule has 4 N–H and O–H groups in total. The third-order valence-corrected chi connectivity index (χ3v) is 5.11. The topological polar surface area (TPSA) is 101 Å². The van der Waals surface area contributed by atoms with E-state index in [1.54, 1.807) is 0 Å². The molecule has 0 radical (unpaired) electrons. The average molecular weight is 467 g/mol. The van der Waals surface area contributed by atoms with E-state index in [9.17, 15) is 18.4 Å². The van der Waals surface area contributed by atoms with E-state index in [2.05, 4.69) is 31.2 Å². The highest BCUT2D eigenvalue weighted by Gasteiger charge is 2.15. The Hall–Kier alpha value is -2.72. The number of nitrogens with two attached hydrogens (primary N) is 1. The van der Waals surface area contributed by atoms with Crippen molar-refractivity contribution in [2.24, 2.45) is 0 Å². The van der Waals surface area contributed by atoms with E-state index in [-0.39, 0.29) is 22.2 Å². The molecular weight excluding hydrogens is 454 g/mol. The normalized spacial score (nSPS) is 10.7. The lowest BCUT2D eigenvalue weighted by Gasteiger charge is -2.09. The summed E-state index contributed by atoms with van der Waals surface area (Å²) in [5, 5.41) is 2.56. The molecule has 6 nitrogen and oxygen atoms in total. The molecule has 0 fully saturated rings. The molecule has 0 spiro atoms. The fraction of sp³-hybridized carbons (Fsp3) is 0.0556. The molecule has 0 saturated carbocycles. The summed E-state index contributed by atoms with van der Waals surface area (Å²) in [6.07, 6.45) is 0. The van der Waals surface area contributed by atoms with Crippen molar-refractivity contribution in [3.05, 3.63) is 80.1 Å². The Morgan fingerprint density at radius 2 is 1.89 bits per heavy atom. The molecule has 1 amide bonds. The second kappa shape index (κ2) is 8.53. The first-order valence-corrected chi connectivity index (χ1v) is 9.65. The van der Waals surface area contributed by atoms with Gasteiger partial charge in [-0.3, -0.25) is 14.6 Å². The zero-order valence-corrected chi connectivity index (χ0v) is 16.5. The smallest absolute Gasteiger partial charge is 0.277 e. The second-order valence-corrected chi connectivity index (χ2v) is 7.51. The fourth-order valence-corrected chi connectivity index (χ4v) is 3.30. The van der Waals surface area contributed by atoms with E-state index < -0.39 is 23.1 Å². The van der Waals surface area contributed by atoms with Gasteiger partial charge in [-0.05, 0) is 35.9 Å². The molecule has 0 unspecified atom stereocenters. The molecule has 1 aromatic heterocycles. The summed E-state index contributed by atoms with van der Waals surface area (Å²) in [7, 11) is 0. The highest BCUT2D eigenvalue weighted by Crippen LogP contribution is 2.22. The predicted octanol–water partition coefficient (Wildman–Crippen LogP) is 3.94. The molecule has 10 heteroatoms. The zero-order chi connectivity index (χ0) is 20.3. The number of hydrogen-bond donors (Lipinski definition) is 3. The van der Waals surface area contributed by atoms with Crippen LogP contribution in [0.2, 0.25) is 0 Å². The number of H-pyrrole nitrogens is 1. The lowest BCUT2D eigenvalue weighted by Crippen LogP contribution is -2.23. The van der Waals surface area contributed by atoms with Gasteiger partial charge in [-0.2, -0.15) is 0 Å². The molecule has 0 bridgehead atoms. The third kappa shape index (κ3) is 4.76. The van der Waals surface area contributed by atoms with E-state index >= 15 is 0 Å². The number of hydrogen-bond acceptors (Lipinski definition) is 5. The number of nitrogens with one attached hydrogen (secondary N) is 2. The van der Waals surface area contributed by atoms with Crippen LogP contribution in [0.3, 0.4) is 0 Å². The summed E-state index contributed by atoms with van der Waals surface area (Å²) in [5.41, 5.74) is 5.74. The molecule has 1 heterocycles. The maximum atomic E-state index is 13.3. The number of amides is 1. The van der Waals surface area contributed by atoms with Crippen LogP contribution in [0.15, 0.2) is 56.9 Å². The number of nitrogens with zero attached hydrogens (tertiary/aromatic N) is 1. The van der Waals surface area contributed by atoms with Crippen molar-refractivity contribution in [1.29, 1.82) is 0 Å². The molecule has 0 aliphatic heterocycles. The maximum absolute atomic E-state index is 13.3. The van der Waals surface area contributed by atoms with E-state index in [1.165, 1.54) is 11.8 Å². The number of nitrogen functional groups attached to an aromatic ring is 1. The number of halogens is 3. The highest BCUT2D eigenvalue weighted by molar-refractivity contribution is 9.10. The minimum absolute atomic E-state index is 0.161. The Morgan fingerprint density at radius 1 is 1.18 bits per heavy atom. The van der Waals surface area contributed by atoms with Crippen LogP contribution in [0.4, 0.5) is 20.3 Å². The van der Waals surface area contributed by atoms with Crippen LogP contribution in [0.5, 0.6) is 0 Å². The zero-order valence-electron chi connectivity index (χ0n) is 14.1. The van der Waals surface area contributed by atoms with Crippen LogP contribution in [0, 0.1) is 11.6 Å². The molecule has 144 valence electrons.